The number of aliphatic hydroxyl groups excluding tert-OH is 1. The zero-order chi connectivity index (χ0) is 22.9. The minimum atomic E-state index is 0. The molecule has 1 fully saturated rings. The number of para-hydroxylation sites is 2. The van der Waals surface area contributed by atoms with Gasteiger partial charge in [-0.15, -0.1) is 12.4 Å². The number of hydrogen-bond acceptors (Lipinski definition) is 5. The lowest BCUT2D eigenvalue weighted by Crippen LogP contribution is -2.48. The third-order valence-electron chi connectivity index (χ3n) is 6.62. The van der Waals surface area contributed by atoms with Crippen LogP contribution in [0.1, 0.15) is 22.3 Å². The number of benzene rings is 2. The maximum atomic E-state index is 10.1. The number of imidazole rings is 1. The van der Waals surface area contributed by atoms with E-state index >= 15 is 0 Å². The van der Waals surface area contributed by atoms with Gasteiger partial charge in [0, 0.05) is 49.7 Å². The summed E-state index contributed by atoms with van der Waals surface area (Å²) in [6.07, 6.45) is 0.634. The second-order valence-electron chi connectivity index (χ2n) is 8.49. The third kappa shape index (κ3) is 4.21. The van der Waals surface area contributed by atoms with Crippen LogP contribution in [0.25, 0.3) is 16.7 Å². The maximum absolute atomic E-state index is 10.1. The Morgan fingerprint density at radius 2 is 1.76 bits per heavy atom. The molecule has 176 valence electrons. The van der Waals surface area contributed by atoms with Gasteiger partial charge in [0.15, 0.2) is 5.65 Å². The highest BCUT2D eigenvalue weighted by atomic mass is 35.5. The van der Waals surface area contributed by atoms with Gasteiger partial charge in [-0.05, 0) is 36.2 Å². The molecule has 6 nitrogen and oxygen atoms in total. The topological polar surface area (TPSA) is 67.8 Å². The zero-order valence-electron chi connectivity index (χ0n) is 19.0. The Hall–Kier alpha value is -2.82. The smallest absolute Gasteiger partial charge is 0.157 e. The van der Waals surface area contributed by atoms with Crippen LogP contribution in [0.15, 0.2) is 48.5 Å². The zero-order valence-corrected chi connectivity index (χ0v) is 20.6. The van der Waals surface area contributed by atoms with Crippen LogP contribution in [0.3, 0.4) is 0 Å². The summed E-state index contributed by atoms with van der Waals surface area (Å²) in [5.41, 5.74) is 6.28. The number of pyridine rings is 1. The fourth-order valence-electron chi connectivity index (χ4n) is 4.86. The number of fused-ring (bicyclic) bond motifs is 3. The molecule has 0 atom stereocenters. The summed E-state index contributed by atoms with van der Waals surface area (Å²) in [6, 6.07) is 18.4. The number of rotatable bonds is 5. The Bertz CT molecular complexity index is 1370. The van der Waals surface area contributed by atoms with E-state index in [-0.39, 0.29) is 19.0 Å². The molecule has 1 N–H and O–H groups in total. The van der Waals surface area contributed by atoms with E-state index in [9.17, 15) is 10.4 Å². The van der Waals surface area contributed by atoms with Gasteiger partial charge >= 0.3 is 0 Å². The second-order valence-corrected chi connectivity index (χ2v) is 8.90. The van der Waals surface area contributed by atoms with Crippen LogP contribution in [0.4, 0.5) is 5.82 Å². The van der Waals surface area contributed by atoms with E-state index in [1.54, 1.807) is 0 Å². The van der Waals surface area contributed by atoms with Gasteiger partial charge in [0.05, 0.1) is 23.2 Å². The molecule has 0 amide bonds. The van der Waals surface area contributed by atoms with Crippen LogP contribution in [0.2, 0.25) is 5.02 Å². The van der Waals surface area contributed by atoms with Crippen molar-refractivity contribution in [3.05, 3.63) is 75.8 Å². The van der Waals surface area contributed by atoms with E-state index in [0.29, 0.717) is 24.2 Å². The normalized spacial score (nSPS) is 14.4. The van der Waals surface area contributed by atoms with Crippen molar-refractivity contribution in [3.63, 3.8) is 0 Å². The molecule has 8 heteroatoms. The van der Waals surface area contributed by atoms with Gasteiger partial charge in [0.25, 0.3) is 0 Å². The Morgan fingerprint density at radius 3 is 2.47 bits per heavy atom. The van der Waals surface area contributed by atoms with Crippen molar-refractivity contribution < 1.29 is 5.11 Å². The van der Waals surface area contributed by atoms with E-state index in [1.165, 1.54) is 0 Å². The average Bonchev–Trinajstić information content (AvgIpc) is 3.21. The Labute approximate surface area is 210 Å². The van der Waals surface area contributed by atoms with Gasteiger partial charge in [-0.3, -0.25) is 9.30 Å². The molecular weight excluding hydrogens is 469 g/mol. The van der Waals surface area contributed by atoms with Gasteiger partial charge < -0.3 is 10.0 Å². The van der Waals surface area contributed by atoms with Crippen molar-refractivity contribution in [1.82, 2.24) is 14.3 Å². The number of aromatic nitrogens is 2. The highest BCUT2D eigenvalue weighted by molar-refractivity contribution is 6.31. The molecule has 4 aromatic rings. The number of hydrogen-bond donors (Lipinski definition) is 1. The third-order valence-corrected chi connectivity index (χ3v) is 6.99. The molecule has 34 heavy (non-hydrogen) atoms. The van der Waals surface area contributed by atoms with E-state index in [4.69, 9.17) is 16.6 Å². The first kappa shape index (κ1) is 24.3. The predicted molar refractivity (Wildman–Crippen MR) is 139 cm³/mol. The molecule has 1 aliphatic rings. The van der Waals surface area contributed by atoms with Gasteiger partial charge in [-0.25, -0.2) is 4.98 Å². The fourth-order valence-corrected chi connectivity index (χ4v) is 5.07. The first-order valence-electron chi connectivity index (χ1n) is 11.3. The molecule has 3 heterocycles. The van der Waals surface area contributed by atoms with Crippen molar-refractivity contribution in [2.45, 2.75) is 13.3 Å². The number of piperazine rings is 1. The number of aliphatic hydroxyl groups is 1. The summed E-state index contributed by atoms with van der Waals surface area (Å²) in [5, 5.41) is 20.2. The van der Waals surface area contributed by atoms with Crippen LogP contribution >= 0.6 is 24.0 Å². The van der Waals surface area contributed by atoms with E-state index in [2.05, 4.69) is 26.3 Å². The Balaban J connectivity index is 0.00000274. The highest BCUT2D eigenvalue weighted by Crippen LogP contribution is 2.36. The van der Waals surface area contributed by atoms with Crippen LogP contribution in [-0.4, -0.2) is 58.7 Å². The van der Waals surface area contributed by atoms with Crippen molar-refractivity contribution in [3.8, 4) is 6.07 Å². The lowest BCUT2D eigenvalue weighted by molar-refractivity contribution is 0.188. The van der Waals surface area contributed by atoms with Gasteiger partial charge in [0.1, 0.15) is 11.9 Å². The molecule has 0 spiro atoms. The quantitative estimate of drug-likeness (QED) is 0.442. The van der Waals surface area contributed by atoms with E-state index in [1.807, 2.05) is 49.4 Å². The highest BCUT2D eigenvalue weighted by Gasteiger charge is 2.27. The Kier molecular flexibility index (Phi) is 7.30. The monoisotopic (exact) mass is 495 g/mol. The summed E-state index contributed by atoms with van der Waals surface area (Å²) in [7, 11) is 0. The Morgan fingerprint density at radius 1 is 1.06 bits per heavy atom. The van der Waals surface area contributed by atoms with Crippen molar-refractivity contribution in [2.24, 2.45) is 0 Å². The predicted octanol–water partition coefficient (Wildman–Crippen LogP) is 4.45. The molecule has 0 unspecified atom stereocenters. The molecule has 1 aliphatic heterocycles. The molecule has 0 aliphatic carbocycles. The van der Waals surface area contributed by atoms with E-state index in [0.717, 1.165) is 64.7 Å². The van der Waals surface area contributed by atoms with Gasteiger partial charge in [-0.1, -0.05) is 41.9 Å². The first-order chi connectivity index (χ1) is 16.1. The molecule has 0 saturated carbocycles. The van der Waals surface area contributed by atoms with Crippen LogP contribution in [0, 0.1) is 18.3 Å². The number of β-amino-alcohol motifs (C(OH)–C–C–N with tert-alkyl or cyclic N) is 1. The van der Waals surface area contributed by atoms with Crippen LogP contribution in [0.5, 0.6) is 0 Å². The summed E-state index contributed by atoms with van der Waals surface area (Å²) in [6.45, 7) is 6.30. The van der Waals surface area contributed by atoms with Gasteiger partial charge in [-0.2, -0.15) is 5.26 Å². The van der Waals surface area contributed by atoms with E-state index < -0.39 is 0 Å². The maximum Gasteiger partial charge on any atom is 0.157 e. The van der Waals surface area contributed by atoms with Gasteiger partial charge in [0.2, 0.25) is 0 Å². The standard InChI is InChI=1S/C26H26ClN5O.ClH/c1-18-20(16-19-6-2-3-7-22(19)27)26(31-12-10-30(11-13-31)14-15-33)32-24-9-5-4-8-23(24)29-25(32)21(18)17-28;/h2-9,33H,10-16H2,1H3;1H. The lowest BCUT2D eigenvalue weighted by Gasteiger charge is -2.37. The summed E-state index contributed by atoms with van der Waals surface area (Å²) in [5.74, 6) is 1.08. The molecule has 0 radical (unpaired) electrons. The largest absolute Gasteiger partial charge is 0.395 e. The lowest BCUT2D eigenvalue weighted by atomic mass is 9.97. The second kappa shape index (κ2) is 10.2. The number of anilines is 1. The number of nitrogens with zero attached hydrogens (tertiary/aromatic N) is 5. The van der Waals surface area contributed by atoms with Crippen LogP contribution in [-0.2, 0) is 6.42 Å². The number of nitriles is 1. The average molecular weight is 496 g/mol. The molecule has 5 rings (SSSR count). The first-order valence-corrected chi connectivity index (χ1v) is 11.6. The van der Waals surface area contributed by atoms with Crippen molar-refractivity contribution >= 4 is 46.5 Å². The van der Waals surface area contributed by atoms with Crippen molar-refractivity contribution in [1.29, 1.82) is 5.26 Å². The van der Waals surface area contributed by atoms with Crippen molar-refractivity contribution in [2.75, 3.05) is 44.2 Å². The minimum absolute atomic E-state index is 0. The SMILES string of the molecule is Cc1c(Cc2ccccc2Cl)c(N2CCN(CCO)CC2)n2c(nc3ccccc32)c1C#N.Cl. The summed E-state index contributed by atoms with van der Waals surface area (Å²) >= 11 is 6.56. The summed E-state index contributed by atoms with van der Waals surface area (Å²) < 4.78 is 2.16. The summed E-state index contributed by atoms with van der Waals surface area (Å²) in [4.78, 5) is 9.54. The minimum Gasteiger partial charge on any atom is -0.395 e. The van der Waals surface area contributed by atoms with Crippen LogP contribution < -0.4 is 4.90 Å². The molecule has 1 saturated heterocycles. The molecule has 0 bridgehead atoms. The molecule has 2 aromatic heterocycles. The fraction of sp³-hybridized carbons (Fsp3) is 0.308. The molecular formula is C26H27Cl2N5O. The molecule has 2 aromatic carbocycles. The number of halogens is 2.